The summed E-state index contributed by atoms with van der Waals surface area (Å²) in [5.74, 6) is -1.06. The van der Waals surface area contributed by atoms with Crippen molar-refractivity contribution in [3.63, 3.8) is 0 Å². The number of carbonyl (C=O) groups is 2. The molecule has 0 saturated heterocycles. The number of nitrogens with two attached hydrogens (primary N) is 1. The number of benzene rings is 2. The third-order valence-electron chi connectivity index (χ3n) is 6.43. The summed E-state index contributed by atoms with van der Waals surface area (Å²) in [6.45, 7) is 0.599. The first-order valence-electron chi connectivity index (χ1n) is 11.3. The van der Waals surface area contributed by atoms with E-state index in [0.29, 0.717) is 39.0 Å². The third-order valence-corrected chi connectivity index (χ3v) is 6.87. The lowest BCUT2D eigenvalue weighted by Crippen LogP contribution is -2.13. The van der Waals surface area contributed by atoms with Crippen molar-refractivity contribution >= 4 is 78.4 Å². The van der Waals surface area contributed by atoms with E-state index in [1.165, 1.54) is 0 Å². The van der Waals surface area contributed by atoms with Crippen LogP contribution in [0.25, 0.3) is 43.4 Å². The minimum atomic E-state index is -1.02. The summed E-state index contributed by atoms with van der Waals surface area (Å²) in [7, 11) is 0. The largest absolute Gasteiger partial charge is 0.478 e. The molecule has 0 atom stereocenters. The number of nitrogens with zero attached hydrogens (tertiary/aromatic N) is 2. The van der Waals surface area contributed by atoms with Crippen LogP contribution >= 0.6 is 23.2 Å². The fraction of sp³-hybridized carbons (Fsp3) is 0.0769. The maximum Gasteiger partial charge on any atom is 0.338 e. The van der Waals surface area contributed by atoms with Crippen LogP contribution in [0.2, 0.25) is 10.3 Å². The Labute approximate surface area is 218 Å². The van der Waals surface area contributed by atoms with Gasteiger partial charge >= 0.3 is 5.97 Å². The topological polar surface area (TPSA) is 150 Å². The number of pyridine rings is 2. The van der Waals surface area contributed by atoms with Crippen LogP contribution in [0.5, 0.6) is 0 Å². The van der Waals surface area contributed by atoms with Gasteiger partial charge in [0, 0.05) is 51.3 Å². The zero-order valence-electron chi connectivity index (χ0n) is 19.0. The van der Waals surface area contributed by atoms with Gasteiger partial charge in [0.2, 0.25) is 0 Å². The average molecular weight is 533 g/mol. The number of carboxylic acid groups (broad SMARTS) is 1. The standard InChI is InChI=1S/C13H10ClN3O2.C13H8ClN3O/c14-10-3-8-6(5-16-10)1-2-7-11(13(18)19)9(4-15)17-12(7)8;14-10-3-8-6(4-15-10)1-2-7-11-9(17-12(7)8)5-16-13(11)18/h1-3,5,16H,4,15H2,(H,18,19);1-4,15H,5H2,(H,16,18). The number of amides is 1. The lowest BCUT2D eigenvalue weighted by atomic mass is 10.1. The molecule has 0 radical (unpaired) electrons. The SMILES string of the molecule is NCc1nc2c(ccc3c[nH]c(Cl)cc32)c1C(=O)O.O=C1NCc2nc3c(ccc4c[nH]c(Cl)cc43)c21. The highest BCUT2D eigenvalue weighted by molar-refractivity contribution is 6.31. The highest BCUT2D eigenvalue weighted by Crippen LogP contribution is 2.32. The number of aromatic amines is 2. The van der Waals surface area contributed by atoms with E-state index in [1.54, 1.807) is 18.3 Å². The van der Waals surface area contributed by atoms with Crippen LogP contribution in [0, 0.1) is 0 Å². The number of nitrogens with one attached hydrogen (secondary N) is 3. The van der Waals surface area contributed by atoms with E-state index in [0.717, 1.165) is 38.1 Å². The van der Waals surface area contributed by atoms with Crippen molar-refractivity contribution in [3.8, 4) is 0 Å². The summed E-state index contributed by atoms with van der Waals surface area (Å²) in [5.41, 5.74) is 9.12. The summed E-state index contributed by atoms with van der Waals surface area (Å²) in [6.07, 6.45) is 3.60. The molecule has 11 heteroatoms. The van der Waals surface area contributed by atoms with E-state index in [9.17, 15) is 14.7 Å². The van der Waals surface area contributed by atoms with Gasteiger partial charge in [-0.1, -0.05) is 47.5 Å². The van der Waals surface area contributed by atoms with Crippen LogP contribution in [0.15, 0.2) is 48.8 Å². The summed E-state index contributed by atoms with van der Waals surface area (Å²) < 4.78 is 0. The molecule has 7 rings (SSSR count). The zero-order valence-corrected chi connectivity index (χ0v) is 20.5. The van der Waals surface area contributed by atoms with Crippen molar-refractivity contribution in [2.75, 3.05) is 0 Å². The normalized spacial score (nSPS) is 12.7. The number of hydrogen-bond donors (Lipinski definition) is 5. The van der Waals surface area contributed by atoms with Gasteiger partial charge in [-0.2, -0.15) is 0 Å². The maximum absolute atomic E-state index is 11.8. The van der Waals surface area contributed by atoms with Crippen LogP contribution in [0.3, 0.4) is 0 Å². The van der Waals surface area contributed by atoms with Gasteiger partial charge in [-0.15, -0.1) is 0 Å². The lowest BCUT2D eigenvalue weighted by molar-refractivity contribution is 0.0697. The van der Waals surface area contributed by atoms with Gasteiger partial charge < -0.3 is 26.1 Å². The first-order valence-corrected chi connectivity index (χ1v) is 12.0. The first kappa shape index (κ1) is 23.2. The number of halogens is 2. The molecule has 0 saturated carbocycles. The maximum atomic E-state index is 11.8. The Bertz CT molecular complexity index is 1910. The minimum absolute atomic E-state index is 0.0413. The van der Waals surface area contributed by atoms with Crippen LogP contribution in [0.4, 0.5) is 0 Å². The molecule has 0 bridgehead atoms. The molecule has 4 aromatic heterocycles. The molecule has 1 aliphatic rings. The molecule has 6 aromatic rings. The van der Waals surface area contributed by atoms with Crippen molar-refractivity contribution in [1.82, 2.24) is 25.3 Å². The number of fused-ring (bicyclic) bond motifs is 8. The highest BCUT2D eigenvalue weighted by Gasteiger charge is 2.26. The number of H-pyrrole nitrogens is 2. The molecular weight excluding hydrogens is 515 g/mol. The number of carbonyl (C=O) groups excluding carboxylic acids is 1. The highest BCUT2D eigenvalue weighted by atomic mass is 35.5. The van der Waals surface area contributed by atoms with Gasteiger partial charge in [0.1, 0.15) is 10.3 Å². The van der Waals surface area contributed by atoms with E-state index >= 15 is 0 Å². The van der Waals surface area contributed by atoms with Crippen LogP contribution in [-0.4, -0.2) is 36.9 Å². The molecule has 0 unspecified atom stereocenters. The van der Waals surface area contributed by atoms with Crippen molar-refractivity contribution in [1.29, 1.82) is 0 Å². The number of aromatic nitrogens is 4. The van der Waals surface area contributed by atoms with E-state index < -0.39 is 5.97 Å². The molecule has 1 aliphatic heterocycles. The first-order chi connectivity index (χ1) is 17.9. The van der Waals surface area contributed by atoms with Gasteiger partial charge in [0.05, 0.1) is 40.1 Å². The monoisotopic (exact) mass is 532 g/mol. The minimum Gasteiger partial charge on any atom is -0.478 e. The Balaban J connectivity index is 0.000000136. The van der Waals surface area contributed by atoms with Crippen molar-refractivity contribution in [3.05, 3.63) is 81.6 Å². The van der Waals surface area contributed by atoms with E-state index in [-0.39, 0.29) is 18.0 Å². The number of aromatic carboxylic acids is 1. The Morgan fingerprint density at radius 2 is 1.51 bits per heavy atom. The van der Waals surface area contributed by atoms with Gasteiger partial charge in [-0.3, -0.25) is 4.79 Å². The molecule has 0 fully saturated rings. The summed E-state index contributed by atoms with van der Waals surface area (Å²) in [6, 6.07) is 11.1. The summed E-state index contributed by atoms with van der Waals surface area (Å²) in [5, 5.41) is 18.3. The van der Waals surface area contributed by atoms with Gasteiger partial charge in [-0.25, -0.2) is 14.8 Å². The molecule has 6 N–H and O–H groups in total. The Hall–Kier alpha value is -4.18. The smallest absolute Gasteiger partial charge is 0.338 e. The predicted octanol–water partition coefficient (Wildman–Crippen LogP) is 5.14. The second kappa shape index (κ2) is 8.74. The average Bonchev–Trinajstić information content (AvgIpc) is 3.56. The molecule has 184 valence electrons. The van der Waals surface area contributed by atoms with Gasteiger partial charge in [0.25, 0.3) is 5.91 Å². The van der Waals surface area contributed by atoms with E-state index in [4.69, 9.17) is 28.9 Å². The second-order valence-corrected chi connectivity index (χ2v) is 9.36. The fourth-order valence-electron chi connectivity index (χ4n) is 4.79. The Kier molecular flexibility index (Phi) is 5.49. The lowest BCUT2D eigenvalue weighted by Gasteiger charge is -2.01. The molecule has 5 heterocycles. The third kappa shape index (κ3) is 3.75. The fourth-order valence-corrected chi connectivity index (χ4v) is 5.12. The van der Waals surface area contributed by atoms with E-state index in [2.05, 4.69) is 25.3 Å². The number of rotatable bonds is 2. The molecule has 1 amide bonds. The van der Waals surface area contributed by atoms with Crippen molar-refractivity contribution in [2.24, 2.45) is 5.73 Å². The molecular formula is C26H18Cl2N6O3. The van der Waals surface area contributed by atoms with E-state index in [1.807, 2.05) is 30.5 Å². The number of carboxylic acids is 1. The van der Waals surface area contributed by atoms with Gasteiger partial charge in [0.15, 0.2) is 0 Å². The quantitative estimate of drug-likeness (QED) is 0.195. The molecule has 37 heavy (non-hydrogen) atoms. The zero-order chi connectivity index (χ0) is 25.8. The summed E-state index contributed by atoms with van der Waals surface area (Å²) >= 11 is 11.9. The molecule has 0 aliphatic carbocycles. The van der Waals surface area contributed by atoms with Crippen LogP contribution in [-0.2, 0) is 13.1 Å². The van der Waals surface area contributed by atoms with Crippen molar-refractivity contribution in [2.45, 2.75) is 13.1 Å². The predicted molar refractivity (Wildman–Crippen MR) is 143 cm³/mol. The van der Waals surface area contributed by atoms with Crippen molar-refractivity contribution < 1.29 is 14.7 Å². The van der Waals surface area contributed by atoms with Crippen LogP contribution < -0.4 is 11.1 Å². The molecule has 0 spiro atoms. The molecule has 9 nitrogen and oxygen atoms in total. The summed E-state index contributed by atoms with van der Waals surface area (Å²) in [4.78, 5) is 37.8. The second-order valence-electron chi connectivity index (χ2n) is 8.55. The Morgan fingerprint density at radius 1 is 0.919 bits per heavy atom. The molecule has 2 aromatic carbocycles. The Morgan fingerprint density at radius 3 is 2.11 bits per heavy atom. The van der Waals surface area contributed by atoms with Gasteiger partial charge in [-0.05, 0) is 12.1 Å². The number of hydrogen-bond acceptors (Lipinski definition) is 5. The van der Waals surface area contributed by atoms with Crippen LogP contribution in [0.1, 0.15) is 32.1 Å².